The third-order valence-corrected chi connectivity index (χ3v) is 18.3. The minimum Gasteiger partial charge on any atom is -0.545 e. The van der Waals surface area contributed by atoms with Crippen LogP contribution in [0.2, 0.25) is 0 Å². The Labute approximate surface area is 606 Å². The van der Waals surface area contributed by atoms with Crippen molar-refractivity contribution in [2.45, 2.75) is 392 Å². The van der Waals surface area contributed by atoms with Gasteiger partial charge in [0.25, 0.3) is 0 Å². The molecular formula is C89H157NO8. The number of ether oxygens (including phenoxy) is 4. The molecule has 0 heterocycles. The topological polar surface area (TPSA) is 111 Å². The minimum absolute atomic E-state index is 0.142. The Morgan fingerprint density at radius 3 is 0.867 bits per heavy atom. The van der Waals surface area contributed by atoms with Crippen molar-refractivity contribution in [3.8, 4) is 0 Å². The van der Waals surface area contributed by atoms with Gasteiger partial charge in [-0.15, -0.1) is 0 Å². The number of likely N-dealkylation sites (N-methyl/N-ethyl adjacent to an activating group) is 1. The zero-order valence-corrected chi connectivity index (χ0v) is 64.9. The number of aliphatic carboxylic acids is 1. The molecule has 0 aromatic carbocycles. The predicted octanol–water partition coefficient (Wildman–Crippen LogP) is 25.5. The van der Waals surface area contributed by atoms with Crippen LogP contribution in [0.5, 0.6) is 0 Å². The van der Waals surface area contributed by atoms with E-state index in [-0.39, 0.29) is 38.6 Å². The summed E-state index contributed by atoms with van der Waals surface area (Å²) >= 11 is 0. The fourth-order valence-corrected chi connectivity index (χ4v) is 12.0. The molecule has 0 rings (SSSR count). The van der Waals surface area contributed by atoms with Gasteiger partial charge in [0.05, 0.1) is 40.3 Å². The van der Waals surface area contributed by atoms with Gasteiger partial charge in [-0.3, -0.25) is 9.59 Å². The van der Waals surface area contributed by atoms with Crippen molar-refractivity contribution in [1.82, 2.24) is 0 Å². The molecular weight excluding hydrogens is 1210 g/mol. The maximum absolute atomic E-state index is 13.0. The number of hydrogen-bond donors (Lipinski definition) is 0. The largest absolute Gasteiger partial charge is 0.545 e. The number of quaternary nitrogens is 1. The molecule has 0 saturated heterocycles. The van der Waals surface area contributed by atoms with Crippen LogP contribution in [0.15, 0.2) is 109 Å². The molecule has 9 nitrogen and oxygen atoms in total. The lowest BCUT2D eigenvalue weighted by Crippen LogP contribution is -2.44. The van der Waals surface area contributed by atoms with Crippen LogP contribution in [0.3, 0.4) is 0 Å². The van der Waals surface area contributed by atoms with Gasteiger partial charge in [0.1, 0.15) is 13.2 Å². The van der Waals surface area contributed by atoms with E-state index in [0.29, 0.717) is 17.4 Å². The highest BCUT2D eigenvalue weighted by Gasteiger charge is 2.22. The molecule has 0 aromatic heterocycles. The van der Waals surface area contributed by atoms with E-state index in [0.717, 1.165) is 103 Å². The molecule has 0 aliphatic heterocycles. The molecule has 566 valence electrons. The monoisotopic (exact) mass is 1370 g/mol. The fraction of sp³-hybridized carbons (Fsp3) is 0.764. The lowest BCUT2D eigenvalue weighted by molar-refractivity contribution is -0.870. The zero-order valence-electron chi connectivity index (χ0n) is 64.9. The number of allylic oxidation sites excluding steroid dienone is 18. The first-order valence-electron chi connectivity index (χ1n) is 41.5. The second-order valence-electron chi connectivity index (χ2n) is 29.0. The molecule has 0 aromatic rings. The molecule has 2 unspecified atom stereocenters. The Morgan fingerprint density at radius 2 is 0.582 bits per heavy atom. The van der Waals surface area contributed by atoms with Gasteiger partial charge >= 0.3 is 11.9 Å². The number of rotatable bonds is 77. The van der Waals surface area contributed by atoms with Crippen LogP contribution in [-0.2, 0) is 33.3 Å². The highest BCUT2D eigenvalue weighted by atomic mass is 16.7. The van der Waals surface area contributed by atoms with Crippen molar-refractivity contribution in [2.24, 2.45) is 0 Å². The average molecular weight is 1370 g/mol. The van der Waals surface area contributed by atoms with Crippen molar-refractivity contribution in [2.75, 3.05) is 47.5 Å². The normalized spacial score (nSPS) is 13.2. The van der Waals surface area contributed by atoms with Crippen LogP contribution < -0.4 is 5.11 Å². The van der Waals surface area contributed by atoms with E-state index in [1.807, 2.05) is 21.1 Å². The number of carboxylic acid groups (broad SMARTS) is 1. The summed E-state index contributed by atoms with van der Waals surface area (Å²) in [4.78, 5) is 37.6. The summed E-state index contributed by atoms with van der Waals surface area (Å²) in [5, 5.41) is 11.9. The Hall–Kier alpha value is -4.05. The van der Waals surface area contributed by atoms with Gasteiger partial charge < -0.3 is 33.3 Å². The summed E-state index contributed by atoms with van der Waals surface area (Å²) in [6.07, 6.45) is 108. The summed E-state index contributed by atoms with van der Waals surface area (Å²) in [5.41, 5.74) is 0. The quantitative estimate of drug-likeness (QED) is 0.0195. The van der Waals surface area contributed by atoms with Gasteiger partial charge in [-0.1, -0.05) is 393 Å². The first kappa shape index (κ1) is 93.9. The highest BCUT2D eigenvalue weighted by Crippen LogP contribution is 2.19. The zero-order chi connectivity index (χ0) is 71.1. The van der Waals surface area contributed by atoms with Crippen molar-refractivity contribution < 1.29 is 42.9 Å². The summed E-state index contributed by atoms with van der Waals surface area (Å²) in [7, 11) is 5.93. The Morgan fingerprint density at radius 1 is 0.316 bits per heavy atom. The fourth-order valence-electron chi connectivity index (χ4n) is 12.0. The third kappa shape index (κ3) is 79.3. The number of carbonyl (C=O) groups excluding carboxylic acids is 3. The standard InChI is InChI=1S/C89H157NO8/c1-6-8-10-12-14-16-18-20-22-24-26-28-30-32-34-36-38-40-42-43-44-46-47-49-51-53-55-57-59-61-63-65-67-69-71-73-75-77-79-86(91)96-83-85(84-97-89(88(93)94)95-82-81-90(3,4)5)98-87(92)80-78-76-74-72-70-68-66-64-62-60-58-56-54-52-50-48-45-41-39-37-35-33-31-29-27-25-23-21-19-17-15-13-11-9-7-2/h9,11,15,17,21,23,27,29,33,35,39,41,48,50,54,56,60,62,85,89H,6-8,10,12-14,16,18-20,22,24-26,28,30-32,34,36-38,40,42-47,49,51-53,55,57-59,61,63-84H2,1-5H3/b11-9-,17-15-,23-21-,29-27-,35-33-,41-39-,50-48-,56-54-,62-60-. The second kappa shape index (κ2) is 78.7. The van der Waals surface area contributed by atoms with Gasteiger partial charge in [-0.25, -0.2) is 0 Å². The van der Waals surface area contributed by atoms with Crippen LogP contribution in [0.1, 0.15) is 380 Å². The molecule has 0 aliphatic carbocycles. The molecule has 0 saturated carbocycles. The summed E-state index contributed by atoms with van der Waals surface area (Å²) < 4.78 is 22.9. The van der Waals surface area contributed by atoms with Crippen molar-refractivity contribution >= 4 is 17.9 Å². The molecule has 9 heteroatoms. The van der Waals surface area contributed by atoms with E-state index in [2.05, 4.69) is 123 Å². The molecule has 0 amide bonds. The molecule has 0 bridgehead atoms. The van der Waals surface area contributed by atoms with Crippen LogP contribution in [0.4, 0.5) is 0 Å². The lowest BCUT2D eigenvalue weighted by Gasteiger charge is -2.26. The first-order valence-corrected chi connectivity index (χ1v) is 41.5. The van der Waals surface area contributed by atoms with Crippen LogP contribution >= 0.6 is 0 Å². The lowest BCUT2D eigenvalue weighted by atomic mass is 10.0. The number of nitrogens with zero attached hydrogens (tertiary/aromatic N) is 1. The molecule has 2 atom stereocenters. The van der Waals surface area contributed by atoms with Crippen LogP contribution in [-0.4, -0.2) is 82.3 Å². The number of carboxylic acids is 1. The summed E-state index contributed by atoms with van der Waals surface area (Å²) in [5.74, 6) is -2.29. The maximum atomic E-state index is 13.0. The Bertz CT molecular complexity index is 1990. The smallest absolute Gasteiger partial charge is 0.306 e. The van der Waals surface area contributed by atoms with Gasteiger partial charge in [-0.2, -0.15) is 0 Å². The first-order chi connectivity index (χ1) is 48.1. The predicted molar refractivity (Wildman–Crippen MR) is 421 cm³/mol. The molecule has 0 spiro atoms. The van der Waals surface area contributed by atoms with E-state index >= 15 is 0 Å². The molecule has 98 heavy (non-hydrogen) atoms. The number of esters is 2. The van der Waals surface area contributed by atoms with E-state index in [1.165, 1.54) is 244 Å². The van der Waals surface area contributed by atoms with E-state index in [1.54, 1.807) is 0 Å². The maximum Gasteiger partial charge on any atom is 0.306 e. The summed E-state index contributed by atoms with van der Waals surface area (Å²) in [6.45, 7) is 4.67. The molecule has 0 aliphatic rings. The highest BCUT2D eigenvalue weighted by molar-refractivity contribution is 5.70. The SMILES string of the molecule is CC/C=C\C/C=C\C/C=C\C/C=C\C/C=C\C/C=C\C/C=C\C/C=C\C/C=C\CCCCCCCCCC(=O)OC(COC(=O)CCCCCCCCCCCCCCCCCCCCCCCCCCCCCCCCCCCCCCCC)COC(OCC[N+](C)(C)C)C(=O)[O-]. The van der Waals surface area contributed by atoms with E-state index in [4.69, 9.17) is 18.9 Å². The Kier molecular flexibility index (Phi) is 75.4. The van der Waals surface area contributed by atoms with Gasteiger partial charge in [0, 0.05) is 12.8 Å². The number of unbranched alkanes of at least 4 members (excludes halogenated alkanes) is 44. The van der Waals surface area contributed by atoms with E-state index < -0.39 is 24.3 Å². The van der Waals surface area contributed by atoms with Gasteiger partial charge in [0.2, 0.25) is 0 Å². The van der Waals surface area contributed by atoms with Crippen LogP contribution in [0, 0.1) is 0 Å². The van der Waals surface area contributed by atoms with E-state index in [9.17, 15) is 19.5 Å². The van der Waals surface area contributed by atoms with Crippen LogP contribution in [0.25, 0.3) is 0 Å². The second-order valence-corrected chi connectivity index (χ2v) is 29.0. The summed E-state index contributed by atoms with van der Waals surface area (Å²) in [6, 6.07) is 0. The number of carbonyl (C=O) groups is 3. The number of hydrogen-bond acceptors (Lipinski definition) is 8. The molecule has 0 radical (unpaired) electrons. The van der Waals surface area contributed by atoms with Crippen molar-refractivity contribution in [1.29, 1.82) is 0 Å². The van der Waals surface area contributed by atoms with Crippen molar-refractivity contribution in [3.63, 3.8) is 0 Å². The molecule has 0 fully saturated rings. The molecule has 0 N–H and O–H groups in total. The van der Waals surface area contributed by atoms with Gasteiger partial charge in [-0.05, 0) is 83.5 Å². The average Bonchev–Trinajstić information content (AvgIpc) is 1.34. The van der Waals surface area contributed by atoms with Gasteiger partial charge in [0.15, 0.2) is 12.4 Å². The minimum atomic E-state index is -1.63. The Balaban J connectivity index is 4.03. The van der Waals surface area contributed by atoms with Crippen molar-refractivity contribution in [3.05, 3.63) is 109 Å². The third-order valence-electron chi connectivity index (χ3n) is 18.3.